The van der Waals surface area contributed by atoms with E-state index in [0.717, 1.165) is 0 Å². The van der Waals surface area contributed by atoms with E-state index in [1.54, 1.807) is 42.5 Å². The third-order valence-electron chi connectivity index (χ3n) is 3.20. The molecule has 0 unspecified atom stereocenters. The van der Waals surface area contributed by atoms with Gasteiger partial charge in [0.15, 0.2) is 5.78 Å². The Labute approximate surface area is 156 Å². The van der Waals surface area contributed by atoms with Crippen LogP contribution in [0.25, 0.3) is 0 Å². The van der Waals surface area contributed by atoms with Crippen molar-refractivity contribution in [2.45, 2.75) is 20.0 Å². The van der Waals surface area contributed by atoms with Crippen molar-refractivity contribution in [2.24, 2.45) is 0 Å². The highest BCUT2D eigenvalue weighted by Gasteiger charge is 2.10. The summed E-state index contributed by atoms with van der Waals surface area (Å²) in [5.74, 6) is 0.514. The smallest absolute Gasteiger partial charge is 0.188 e. The van der Waals surface area contributed by atoms with Crippen LogP contribution in [-0.4, -0.2) is 23.2 Å². The quantitative estimate of drug-likeness (QED) is 0.388. The normalized spacial score (nSPS) is 11.5. The van der Waals surface area contributed by atoms with Gasteiger partial charge < -0.3 is 15.2 Å². The number of ketones is 1. The standard InChI is InChI=1S/C19H20ClNO3S/c1-12(2)24-18-10-15(22)8-9-16(18)21-19(25-3)11-17(23)13-4-6-14(20)7-5-13/h4-12,21-22H,1-3H3/b19-11-. The number of thioether (sulfide) groups is 1. The third-order valence-corrected chi connectivity index (χ3v) is 4.11. The maximum Gasteiger partial charge on any atom is 0.188 e. The molecule has 0 saturated carbocycles. The van der Waals surface area contributed by atoms with Crippen LogP contribution in [0.2, 0.25) is 5.02 Å². The largest absolute Gasteiger partial charge is 0.508 e. The lowest BCUT2D eigenvalue weighted by atomic mass is 10.1. The molecule has 6 heteroatoms. The van der Waals surface area contributed by atoms with Gasteiger partial charge in [0, 0.05) is 22.7 Å². The Kier molecular flexibility index (Phi) is 6.79. The maximum absolute atomic E-state index is 12.4. The van der Waals surface area contributed by atoms with Crippen molar-refractivity contribution in [3.8, 4) is 11.5 Å². The summed E-state index contributed by atoms with van der Waals surface area (Å²) in [5, 5.41) is 14.1. The highest BCUT2D eigenvalue weighted by atomic mass is 35.5. The van der Waals surface area contributed by atoms with Crippen molar-refractivity contribution in [1.82, 2.24) is 0 Å². The molecule has 132 valence electrons. The summed E-state index contributed by atoms with van der Waals surface area (Å²) in [6.45, 7) is 3.81. The first kappa shape index (κ1) is 19.2. The topological polar surface area (TPSA) is 58.6 Å². The number of benzene rings is 2. The zero-order valence-electron chi connectivity index (χ0n) is 14.2. The molecule has 0 amide bonds. The van der Waals surface area contributed by atoms with Gasteiger partial charge in [0.25, 0.3) is 0 Å². The molecule has 0 aromatic heterocycles. The highest BCUT2D eigenvalue weighted by Crippen LogP contribution is 2.32. The third kappa shape index (κ3) is 5.73. The number of phenols is 1. The Bertz CT molecular complexity index is 773. The Morgan fingerprint density at radius 3 is 2.52 bits per heavy atom. The summed E-state index contributed by atoms with van der Waals surface area (Å²) in [6, 6.07) is 11.6. The number of ether oxygens (including phenoxy) is 1. The SMILES string of the molecule is CS/C(=C\C(=O)c1ccc(Cl)cc1)Nc1ccc(O)cc1OC(C)C. The van der Waals surface area contributed by atoms with Crippen LogP contribution in [0.4, 0.5) is 5.69 Å². The fourth-order valence-corrected chi connectivity index (χ4v) is 2.62. The van der Waals surface area contributed by atoms with Crippen LogP contribution in [0.3, 0.4) is 0 Å². The number of carbonyl (C=O) groups is 1. The minimum Gasteiger partial charge on any atom is -0.508 e. The Hall–Kier alpha value is -2.11. The van der Waals surface area contributed by atoms with Gasteiger partial charge in [-0.05, 0) is 56.5 Å². The average molecular weight is 378 g/mol. The summed E-state index contributed by atoms with van der Waals surface area (Å²) in [6.07, 6.45) is 3.36. The second-order valence-corrected chi connectivity index (χ2v) is 6.84. The van der Waals surface area contributed by atoms with E-state index < -0.39 is 0 Å². The molecular weight excluding hydrogens is 358 g/mol. The van der Waals surface area contributed by atoms with Crippen LogP contribution in [0.15, 0.2) is 53.6 Å². The lowest BCUT2D eigenvalue weighted by Gasteiger charge is -2.16. The maximum atomic E-state index is 12.4. The molecular formula is C19H20ClNO3S. The van der Waals surface area contributed by atoms with Crippen molar-refractivity contribution >= 4 is 34.8 Å². The Balaban J connectivity index is 2.24. The molecule has 0 heterocycles. The first-order valence-electron chi connectivity index (χ1n) is 7.71. The predicted octanol–water partition coefficient (Wildman–Crippen LogP) is 5.33. The van der Waals surface area contributed by atoms with Crippen molar-refractivity contribution in [3.05, 3.63) is 64.2 Å². The van der Waals surface area contributed by atoms with Gasteiger partial charge in [0.1, 0.15) is 11.5 Å². The number of hydrogen-bond donors (Lipinski definition) is 2. The van der Waals surface area contributed by atoms with Crippen LogP contribution in [0, 0.1) is 0 Å². The van der Waals surface area contributed by atoms with Crippen LogP contribution >= 0.6 is 23.4 Å². The fraction of sp³-hybridized carbons (Fsp3) is 0.211. The molecule has 0 aliphatic carbocycles. The van der Waals surface area contributed by atoms with E-state index in [1.165, 1.54) is 17.8 Å². The first-order chi connectivity index (χ1) is 11.9. The molecule has 0 atom stereocenters. The number of carbonyl (C=O) groups excluding carboxylic acids is 1. The van der Waals surface area contributed by atoms with E-state index in [2.05, 4.69) is 5.32 Å². The molecule has 0 aliphatic rings. The minimum atomic E-state index is -0.126. The van der Waals surface area contributed by atoms with E-state index in [0.29, 0.717) is 27.1 Å². The van der Waals surface area contributed by atoms with Crippen LogP contribution in [-0.2, 0) is 0 Å². The number of aromatic hydroxyl groups is 1. The number of nitrogens with one attached hydrogen (secondary N) is 1. The summed E-state index contributed by atoms with van der Waals surface area (Å²) < 4.78 is 5.72. The summed E-state index contributed by atoms with van der Waals surface area (Å²) in [4.78, 5) is 12.4. The zero-order chi connectivity index (χ0) is 18.4. The van der Waals surface area contributed by atoms with Gasteiger partial charge in [-0.3, -0.25) is 4.79 Å². The molecule has 0 aliphatic heterocycles. The summed E-state index contributed by atoms with van der Waals surface area (Å²) in [7, 11) is 0. The zero-order valence-corrected chi connectivity index (χ0v) is 15.8. The number of anilines is 1. The number of allylic oxidation sites excluding steroid dienone is 1. The summed E-state index contributed by atoms with van der Waals surface area (Å²) in [5.41, 5.74) is 1.23. The lowest BCUT2D eigenvalue weighted by Crippen LogP contribution is -2.08. The minimum absolute atomic E-state index is 0.0419. The predicted molar refractivity (Wildman–Crippen MR) is 105 cm³/mol. The van der Waals surface area contributed by atoms with Crippen molar-refractivity contribution in [3.63, 3.8) is 0 Å². The molecule has 4 nitrogen and oxygen atoms in total. The second-order valence-electron chi connectivity index (χ2n) is 5.56. The van der Waals surface area contributed by atoms with Gasteiger partial charge in [0.05, 0.1) is 16.8 Å². The molecule has 2 aromatic carbocycles. The van der Waals surface area contributed by atoms with Crippen LogP contribution in [0.5, 0.6) is 11.5 Å². The van der Waals surface area contributed by atoms with E-state index in [4.69, 9.17) is 16.3 Å². The van der Waals surface area contributed by atoms with E-state index in [-0.39, 0.29) is 17.6 Å². The highest BCUT2D eigenvalue weighted by molar-refractivity contribution is 8.02. The van der Waals surface area contributed by atoms with E-state index in [1.807, 2.05) is 20.1 Å². The van der Waals surface area contributed by atoms with Crippen LogP contribution < -0.4 is 10.1 Å². The first-order valence-corrected chi connectivity index (χ1v) is 9.31. The molecule has 0 radical (unpaired) electrons. The van der Waals surface area contributed by atoms with Crippen molar-refractivity contribution < 1.29 is 14.6 Å². The Morgan fingerprint density at radius 1 is 1.24 bits per heavy atom. The monoisotopic (exact) mass is 377 g/mol. The second kappa shape index (κ2) is 8.83. The summed E-state index contributed by atoms with van der Waals surface area (Å²) >= 11 is 7.26. The molecule has 0 spiro atoms. The van der Waals surface area contributed by atoms with Gasteiger partial charge in [-0.2, -0.15) is 0 Å². The number of rotatable bonds is 7. The molecule has 25 heavy (non-hydrogen) atoms. The molecule has 2 aromatic rings. The van der Waals surface area contributed by atoms with Crippen LogP contribution in [0.1, 0.15) is 24.2 Å². The molecule has 0 saturated heterocycles. The molecule has 2 rings (SSSR count). The fourth-order valence-electron chi connectivity index (χ4n) is 2.06. The Morgan fingerprint density at radius 2 is 1.92 bits per heavy atom. The van der Waals surface area contributed by atoms with Crippen molar-refractivity contribution in [2.75, 3.05) is 11.6 Å². The van der Waals surface area contributed by atoms with Gasteiger partial charge >= 0.3 is 0 Å². The average Bonchev–Trinajstić information content (AvgIpc) is 2.56. The van der Waals surface area contributed by atoms with Gasteiger partial charge in [-0.25, -0.2) is 0 Å². The van der Waals surface area contributed by atoms with Crippen molar-refractivity contribution in [1.29, 1.82) is 0 Å². The molecule has 0 bridgehead atoms. The van der Waals surface area contributed by atoms with Gasteiger partial charge in [-0.15, -0.1) is 11.8 Å². The van der Waals surface area contributed by atoms with Gasteiger partial charge in [0.2, 0.25) is 0 Å². The number of halogens is 1. The van der Waals surface area contributed by atoms with Gasteiger partial charge in [-0.1, -0.05) is 11.6 Å². The molecule has 0 fully saturated rings. The molecule has 2 N–H and O–H groups in total. The number of phenolic OH excluding ortho intramolecular Hbond substituents is 1. The number of hydrogen-bond acceptors (Lipinski definition) is 5. The van der Waals surface area contributed by atoms with E-state index in [9.17, 15) is 9.90 Å². The lowest BCUT2D eigenvalue weighted by molar-refractivity contribution is 0.104. The van der Waals surface area contributed by atoms with E-state index >= 15 is 0 Å².